The SMILES string of the molecule is O=C(c1ccncc1F)C1Cc2ccccc2CN1. The first-order chi connectivity index (χ1) is 9.25. The Kier molecular flexibility index (Phi) is 3.09. The molecular weight excluding hydrogens is 243 g/mol. The smallest absolute Gasteiger partial charge is 0.183 e. The van der Waals surface area contributed by atoms with E-state index < -0.39 is 5.82 Å². The zero-order valence-corrected chi connectivity index (χ0v) is 10.3. The fourth-order valence-corrected chi connectivity index (χ4v) is 2.40. The average Bonchev–Trinajstić information content (AvgIpc) is 2.46. The molecule has 1 aliphatic rings. The molecule has 1 N–H and O–H groups in total. The average molecular weight is 256 g/mol. The van der Waals surface area contributed by atoms with E-state index >= 15 is 0 Å². The number of rotatable bonds is 2. The first-order valence-electron chi connectivity index (χ1n) is 6.19. The molecule has 4 heteroatoms. The van der Waals surface area contributed by atoms with Gasteiger partial charge in [0.25, 0.3) is 0 Å². The number of Topliss-reactive ketones (excluding diaryl/α,β-unsaturated/α-hetero) is 1. The Morgan fingerprint density at radius 1 is 1.26 bits per heavy atom. The highest BCUT2D eigenvalue weighted by molar-refractivity contribution is 6.00. The molecule has 2 heterocycles. The van der Waals surface area contributed by atoms with E-state index in [1.165, 1.54) is 17.8 Å². The first-order valence-corrected chi connectivity index (χ1v) is 6.19. The highest BCUT2D eigenvalue weighted by atomic mass is 19.1. The van der Waals surface area contributed by atoms with Gasteiger partial charge >= 0.3 is 0 Å². The monoisotopic (exact) mass is 256 g/mol. The Morgan fingerprint density at radius 3 is 2.84 bits per heavy atom. The highest BCUT2D eigenvalue weighted by Crippen LogP contribution is 2.19. The van der Waals surface area contributed by atoms with Crippen molar-refractivity contribution in [3.8, 4) is 0 Å². The standard InChI is InChI=1S/C15H13FN2O/c16-13-9-17-6-5-12(13)15(19)14-7-10-3-1-2-4-11(10)8-18-14/h1-6,9,14,18H,7-8H2. The summed E-state index contributed by atoms with van der Waals surface area (Å²) in [6, 6.07) is 9.05. The van der Waals surface area contributed by atoms with Crippen molar-refractivity contribution in [1.29, 1.82) is 0 Å². The molecule has 1 atom stereocenters. The molecule has 1 aromatic heterocycles. The Morgan fingerprint density at radius 2 is 2.05 bits per heavy atom. The van der Waals surface area contributed by atoms with E-state index in [1.54, 1.807) is 0 Å². The summed E-state index contributed by atoms with van der Waals surface area (Å²) in [5.41, 5.74) is 2.45. The van der Waals surface area contributed by atoms with Gasteiger partial charge in [0.2, 0.25) is 0 Å². The quantitative estimate of drug-likeness (QED) is 0.837. The summed E-state index contributed by atoms with van der Waals surface area (Å²) in [7, 11) is 0. The number of ketones is 1. The first kappa shape index (κ1) is 12.0. The van der Waals surface area contributed by atoms with E-state index in [0.29, 0.717) is 13.0 Å². The van der Waals surface area contributed by atoms with Crippen LogP contribution in [0.2, 0.25) is 0 Å². The van der Waals surface area contributed by atoms with E-state index in [2.05, 4.69) is 10.3 Å². The Hall–Kier alpha value is -2.07. The topological polar surface area (TPSA) is 42.0 Å². The molecule has 19 heavy (non-hydrogen) atoms. The van der Waals surface area contributed by atoms with E-state index in [0.717, 1.165) is 11.8 Å². The molecule has 0 aliphatic carbocycles. The van der Waals surface area contributed by atoms with Crippen LogP contribution in [0.3, 0.4) is 0 Å². The number of aromatic nitrogens is 1. The van der Waals surface area contributed by atoms with Crippen molar-refractivity contribution in [1.82, 2.24) is 10.3 Å². The summed E-state index contributed by atoms with van der Waals surface area (Å²) in [6.45, 7) is 0.638. The minimum absolute atomic E-state index is 0.104. The number of hydrogen-bond donors (Lipinski definition) is 1. The van der Waals surface area contributed by atoms with Crippen LogP contribution in [0.25, 0.3) is 0 Å². The Labute approximate surface area is 110 Å². The lowest BCUT2D eigenvalue weighted by Crippen LogP contribution is -2.42. The van der Waals surface area contributed by atoms with Crippen molar-refractivity contribution in [3.63, 3.8) is 0 Å². The van der Waals surface area contributed by atoms with Crippen LogP contribution in [0.5, 0.6) is 0 Å². The van der Waals surface area contributed by atoms with Gasteiger partial charge < -0.3 is 5.32 Å². The lowest BCUT2D eigenvalue weighted by Gasteiger charge is -2.25. The summed E-state index contributed by atoms with van der Waals surface area (Å²) in [5, 5.41) is 3.16. The van der Waals surface area contributed by atoms with Crippen molar-refractivity contribution in [2.75, 3.05) is 0 Å². The summed E-state index contributed by atoms with van der Waals surface area (Å²) >= 11 is 0. The molecule has 1 aliphatic heterocycles. The van der Waals surface area contributed by atoms with Crippen molar-refractivity contribution >= 4 is 5.78 Å². The van der Waals surface area contributed by atoms with Gasteiger partial charge in [-0.25, -0.2) is 4.39 Å². The van der Waals surface area contributed by atoms with E-state index in [-0.39, 0.29) is 17.4 Å². The number of pyridine rings is 1. The number of carbonyl (C=O) groups excluding carboxylic acids is 1. The largest absolute Gasteiger partial charge is 0.303 e. The zero-order valence-electron chi connectivity index (χ0n) is 10.3. The van der Waals surface area contributed by atoms with Gasteiger partial charge in [-0.2, -0.15) is 0 Å². The Balaban J connectivity index is 1.86. The summed E-state index contributed by atoms with van der Waals surface area (Å²) < 4.78 is 13.6. The van der Waals surface area contributed by atoms with Crippen LogP contribution in [0.1, 0.15) is 21.5 Å². The molecule has 0 fully saturated rings. The van der Waals surface area contributed by atoms with Crippen LogP contribution in [0, 0.1) is 5.82 Å². The number of nitrogens with zero attached hydrogens (tertiary/aromatic N) is 1. The number of fused-ring (bicyclic) bond motifs is 1. The molecule has 0 bridgehead atoms. The summed E-state index contributed by atoms with van der Waals surface area (Å²) in [5.74, 6) is -0.775. The molecule has 2 aromatic rings. The second kappa shape index (κ2) is 4.90. The fraction of sp³-hybridized carbons (Fsp3) is 0.200. The van der Waals surface area contributed by atoms with Crippen LogP contribution in [0.4, 0.5) is 4.39 Å². The van der Waals surface area contributed by atoms with Crippen LogP contribution in [-0.2, 0) is 13.0 Å². The maximum absolute atomic E-state index is 13.6. The minimum Gasteiger partial charge on any atom is -0.303 e. The van der Waals surface area contributed by atoms with Gasteiger partial charge in [0.15, 0.2) is 11.6 Å². The molecule has 96 valence electrons. The molecular formula is C15H13FN2O. The molecule has 3 nitrogen and oxygen atoms in total. The lowest BCUT2D eigenvalue weighted by atomic mass is 9.91. The van der Waals surface area contributed by atoms with Gasteiger partial charge in [0.1, 0.15) is 0 Å². The normalized spacial score (nSPS) is 17.8. The van der Waals surface area contributed by atoms with E-state index in [1.807, 2.05) is 24.3 Å². The van der Waals surface area contributed by atoms with E-state index in [4.69, 9.17) is 0 Å². The number of nitrogens with one attached hydrogen (secondary N) is 1. The van der Waals surface area contributed by atoms with Gasteiger partial charge in [-0.3, -0.25) is 9.78 Å². The number of hydrogen-bond acceptors (Lipinski definition) is 3. The maximum atomic E-state index is 13.6. The predicted molar refractivity (Wildman–Crippen MR) is 69.3 cm³/mol. The van der Waals surface area contributed by atoms with Gasteiger partial charge in [0.05, 0.1) is 17.8 Å². The summed E-state index contributed by atoms with van der Waals surface area (Å²) in [6.07, 6.45) is 3.11. The van der Waals surface area contributed by atoms with Crippen LogP contribution < -0.4 is 5.32 Å². The third-order valence-corrected chi connectivity index (χ3v) is 3.44. The number of carbonyl (C=O) groups is 1. The zero-order chi connectivity index (χ0) is 13.2. The maximum Gasteiger partial charge on any atom is 0.183 e. The Bertz CT molecular complexity index is 627. The second-order valence-electron chi connectivity index (χ2n) is 4.63. The summed E-state index contributed by atoms with van der Waals surface area (Å²) in [4.78, 5) is 16.0. The molecule has 1 aromatic carbocycles. The van der Waals surface area contributed by atoms with E-state index in [9.17, 15) is 9.18 Å². The molecule has 1 unspecified atom stereocenters. The van der Waals surface area contributed by atoms with Crippen LogP contribution >= 0.6 is 0 Å². The molecule has 0 spiro atoms. The van der Waals surface area contributed by atoms with Gasteiger partial charge in [-0.15, -0.1) is 0 Å². The van der Waals surface area contributed by atoms with Crippen molar-refractivity contribution in [3.05, 3.63) is 65.2 Å². The highest BCUT2D eigenvalue weighted by Gasteiger charge is 2.26. The molecule has 0 saturated heterocycles. The van der Waals surface area contributed by atoms with Crippen LogP contribution in [-0.4, -0.2) is 16.8 Å². The fourth-order valence-electron chi connectivity index (χ4n) is 2.40. The molecule has 0 radical (unpaired) electrons. The van der Waals surface area contributed by atoms with Gasteiger partial charge in [-0.05, 0) is 23.6 Å². The van der Waals surface area contributed by atoms with Gasteiger partial charge in [-0.1, -0.05) is 24.3 Å². The third kappa shape index (κ3) is 2.27. The molecule has 3 rings (SSSR count). The van der Waals surface area contributed by atoms with Gasteiger partial charge in [0, 0.05) is 12.7 Å². The third-order valence-electron chi connectivity index (χ3n) is 3.44. The van der Waals surface area contributed by atoms with Crippen molar-refractivity contribution in [2.45, 2.75) is 19.0 Å². The molecule has 0 amide bonds. The lowest BCUT2D eigenvalue weighted by molar-refractivity contribution is 0.0934. The number of halogens is 1. The van der Waals surface area contributed by atoms with Crippen molar-refractivity contribution in [2.24, 2.45) is 0 Å². The second-order valence-corrected chi connectivity index (χ2v) is 4.63. The molecule has 0 saturated carbocycles. The minimum atomic E-state index is -0.562. The predicted octanol–water partition coefficient (Wildman–Crippen LogP) is 2.12. The van der Waals surface area contributed by atoms with Crippen LogP contribution in [0.15, 0.2) is 42.7 Å². The van der Waals surface area contributed by atoms with Crippen molar-refractivity contribution < 1.29 is 9.18 Å². The number of benzene rings is 1.